The molecule has 1 aliphatic rings. The van der Waals surface area contributed by atoms with Crippen LogP contribution in [0.5, 0.6) is 0 Å². The molecule has 166 valence electrons. The van der Waals surface area contributed by atoms with E-state index in [4.69, 9.17) is 16.0 Å². The molecule has 0 aliphatic carbocycles. The van der Waals surface area contributed by atoms with Gasteiger partial charge in [-0.2, -0.15) is 18.3 Å². The van der Waals surface area contributed by atoms with Crippen molar-refractivity contribution in [1.82, 2.24) is 9.58 Å². The molecular weight excluding hydrogens is 447 g/mol. The number of hydrogen-bond acceptors (Lipinski definition) is 4. The SMILES string of the molecule is Cc1ccc(C2=NN(C(=O)Cn3cc(C(F)(F)F)cc(Cl)c3=O)[C@@H](c3ccco3)C2)cc1. The van der Waals surface area contributed by atoms with Gasteiger partial charge < -0.3 is 8.98 Å². The van der Waals surface area contributed by atoms with Gasteiger partial charge in [0.25, 0.3) is 11.5 Å². The number of benzene rings is 1. The Morgan fingerprint density at radius 1 is 1.25 bits per heavy atom. The zero-order valence-electron chi connectivity index (χ0n) is 16.8. The van der Waals surface area contributed by atoms with Gasteiger partial charge in [0, 0.05) is 12.6 Å². The first-order valence-corrected chi connectivity index (χ1v) is 9.98. The van der Waals surface area contributed by atoms with Gasteiger partial charge in [-0.3, -0.25) is 9.59 Å². The van der Waals surface area contributed by atoms with Crippen molar-refractivity contribution in [3.05, 3.63) is 92.8 Å². The number of carbonyl (C=O) groups excluding carboxylic acids is 1. The van der Waals surface area contributed by atoms with Crippen LogP contribution in [0.1, 0.15) is 34.9 Å². The van der Waals surface area contributed by atoms with E-state index in [1.165, 1.54) is 6.26 Å². The van der Waals surface area contributed by atoms with Crippen molar-refractivity contribution in [2.45, 2.75) is 32.1 Å². The second-order valence-corrected chi connectivity index (χ2v) is 7.80. The third-order valence-corrected chi connectivity index (χ3v) is 5.37. The summed E-state index contributed by atoms with van der Waals surface area (Å²) in [5.74, 6) is -0.204. The topological polar surface area (TPSA) is 67.8 Å². The van der Waals surface area contributed by atoms with E-state index >= 15 is 0 Å². The molecule has 1 aromatic carbocycles. The quantitative estimate of drug-likeness (QED) is 0.558. The molecule has 6 nitrogen and oxygen atoms in total. The number of pyridine rings is 1. The molecular formula is C22H17ClF3N3O3. The first-order chi connectivity index (χ1) is 15.1. The average Bonchev–Trinajstić information content (AvgIpc) is 3.40. The molecule has 3 heterocycles. The van der Waals surface area contributed by atoms with Crippen LogP contribution in [0, 0.1) is 6.92 Å². The second-order valence-electron chi connectivity index (χ2n) is 7.39. The van der Waals surface area contributed by atoms with Crippen LogP contribution in [-0.2, 0) is 17.5 Å². The number of amides is 1. The van der Waals surface area contributed by atoms with Crippen LogP contribution in [0.2, 0.25) is 5.02 Å². The van der Waals surface area contributed by atoms with Crippen molar-refractivity contribution in [3.8, 4) is 0 Å². The summed E-state index contributed by atoms with van der Waals surface area (Å²) in [7, 11) is 0. The van der Waals surface area contributed by atoms with Crippen molar-refractivity contribution >= 4 is 23.2 Å². The van der Waals surface area contributed by atoms with Gasteiger partial charge in [-0.1, -0.05) is 41.4 Å². The summed E-state index contributed by atoms with van der Waals surface area (Å²) in [4.78, 5) is 25.3. The van der Waals surface area contributed by atoms with E-state index in [2.05, 4.69) is 5.10 Å². The Bertz CT molecular complexity index is 1230. The first kappa shape index (κ1) is 21.9. The molecule has 10 heteroatoms. The summed E-state index contributed by atoms with van der Waals surface area (Å²) < 4.78 is 45.5. The van der Waals surface area contributed by atoms with Crippen LogP contribution in [0.3, 0.4) is 0 Å². The normalized spacial score (nSPS) is 16.3. The second kappa shape index (κ2) is 8.31. The number of alkyl halides is 3. The molecule has 1 aliphatic heterocycles. The van der Waals surface area contributed by atoms with Gasteiger partial charge in [-0.25, -0.2) is 5.01 Å². The van der Waals surface area contributed by atoms with Crippen LogP contribution < -0.4 is 5.56 Å². The third kappa shape index (κ3) is 4.34. The van der Waals surface area contributed by atoms with Gasteiger partial charge in [0.05, 0.1) is 17.5 Å². The number of rotatable bonds is 4. The maximum absolute atomic E-state index is 13.1. The molecule has 0 N–H and O–H groups in total. The monoisotopic (exact) mass is 463 g/mol. The van der Waals surface area contributed by atoms with E-state index in [0.717, 1.165) is 16.1 Å². The smallest absolute Gasteiger partial charge is 0.417 e. The molecule has 1 atom stereocenters. The van der Waals surface area contributed by atoms with Crippen molar-refractivity contribution in [3.63, 3.8) is 0 Å². The van der Waals surface area contributed by atoms with Gasteiger partial charge in [0.1, 0.15) is 23.4 Å². The maximum Gasteiger partial charge on any atom is 0.417 e. The van der Waals surface area contributed by atoms with E-state index in [1.54, 1.807) is 12.1 Å². The molecule has 32 heavy (non-hydrogen) atoms. The predicted octanol–water partition coefficient (Wildman–Crippen LogP) is 4.80. The summed E-state index contributed by atoms with van der Waals surface area (Å²) in [6, 6.07) is 10.9. The molecule has 0 bridgehead atoms. The van der Waals surface area contributed by atoms with Gasteiger partial charge in [0.15, 0.2) is 0 Å². The van der Waals surface area contributed by atoms with Crippen LogP contribution in [0.25, 0.3) is 0 Å². The van der Waals surface area contributed by atoms with E-state index in [1.807, 2.05) is 31.2 Å². The number of carbonyl (C=O) groups is 1. The summed E-state index contributed by atoms with van der Waals surface area (Å²) in [5.41, 5.74) is 0.465. The lowest BCUT2D eigenvalue weighted by atomic mass is 10.0. The van der Waals surface area contributed by atoms with Crippen LogP contribution in [-0.4, -0.2) is 21.2 Å². The highest BCUT2D eigenvalue weighted by molar-refractivity contribution is 6.30. The fourth-order valence-electron chi connectivity index (χ4n) is 3.45. The van der Waals surface area contributed by atoms with Gasteiger partial charge in [-0.15, -0.1) is 0 Å². The molecule has 0 saturated heterocycles. The molecule has 3 aromatic rings. The van der Waals surface area contributed by atoms with Gasteiger partial charge in [-0.05, 0) is 30.7 Å². The third-order valence-electron chi connectivity index (χ3n) is 5.10. The minimum Gasteiger partial charge on any atom is -0.467 e. The molecule has 2 aromatic heterocycles. The number of furan rings is 1. The lowest BCUT2D eigenvalue weighted by Gasteiger charge is -2.20. The largest absolute Gasteiger partial charge is 0.467 e. The Balaban J connectivity index is 1.68. The Morgan fingerprint density at radius 2 is 1.97 bits per heavy atom. The average molecular weight is 464 g/mol. The molecule has 1 amide bonds. The highest BCUT2D eigenvalue weighted by Gasteiger charge is 2.36. The fourth-order valence-corrected chi connectivity index (χ4v) is 3.68. The van der Waals surface area contributed by atoms with E-state index < -0.39 is 40.8 Å². The number of aromatic nitrogens is 1. The van der Waals surface area contributed by atoms with E-state index in [-0.39, 0.29) is 0 Å². The lowest BCUT2D eigenvalue weighted by Crippen LogP contribution is -2.34. The molecule has 0 unspecified atom stereocenters. The Kier molecular flexibility index (Phi) is 5.68. The molecule has 0 fully saturated rings. The highest BCUT2D eigenvalue weighted by Crippen LogP contribution is 2.34. The summed E-state index contributed by atoms with van der Waals surface area (Å²) in [5, 5.41) is 4.94. The predicted molar refractivity (Wildman–Crippen MR) is 111 cm³/mol. The Hall–Kier alpha value is -3.33. The van der Waals surface area contributed by atoms with E-state index in [9.17, 15) is 22.8 Å². The summed E-state index contributed by atoms with van der Waals surface area (Å²) in [6.45, 7) is 1.28. The number of hydrogen-bond donors (Lipinski definition) is 0. The fraction of sp³-hybridized carbons (Fsp3) is 0.227. The minimum absolute atomic E-state index is 0.348. The number of hydrazone groups is 1. The minimum atomic E-state index is -4.72. The standard InChI is InChI=1S/C22H17ClF3N3O3/c1-13-4-6-14(7-5-13)17-10-18(19-3-2-8-32-19)29(27-17)20(30)12-28-11-15(22(24,25)26)9-16(23)21(28)31/h2-9,11,18H,10,12H2,1H3/t18-/m1/s1. The molecule has 4 rings (SSSR count). The number of aryl methyl sites for hydroxylation is 1. The van der Waals surface area contributed by atoms with Gasteiger partial charge >= 0.3 is 6.18 Å². The summed E-state index contributed by atoms with van der Waals surface area (Å²) in [6.07, 6.45) is -2.34. The van der Waals surface area contributed by atoms with Crippen molar-refractivity contribution in [1.29, 1.82) is 0 Å². The Morgan fingerprint density at radius 3 is 2.59 bits per heavy atom. The maximum atomic E-state index is 13.1. The van der Waals surface area contributed by atoms with Crippen LogP contribution in [0.15, 0.2) is 69.2 Å². The van der Waals surface area contributed by atoms with Crippen LogP contribution >= 0.6 is 11.6 Å². The Labute approximate surface area is 185 Å². The number of nitrogens with zero attached hydrogens (tertiary/aromatic N) is 3. The highest BCUT2D eigenvalue weighted by atomic mass is 35.5. The van der Waals surface area contributed by atoms with Crippen LogP contribution in [0.4, 0.5) is 13.2 Å². The van der Waals surface area contributed by atoms with Crippen molar-refractivity contribution in [2.24, 2.45) is 5.10 Å². The number of halogens is 4. The van der Waals surface area contributed by atoms with Crippen molar-refractivity contribution < 1.29 is 22.4 Å². The zero-order chi connectivity index (χ0) is 23.0. The lowest BCUT2D eigenvalue weighted by molar-refractivity contribution is -0.139. The summed E-state index contributed by atoms with van der Waals surface area (Å²) >= 11 is 5.69. The van der Waals surface area contributed by atoms with Gasteiger partial charge in [0.2, 0.25) is 0 Å². The van der Waals surface area contributed by atoms with E-state index in [0.29, 0.717) is 34.7 Å². The zero-order valence-corrected chi connectivity index (χ0v) is 17.5. The molecule has 0 radical (unpaired) electrons. The molecule has 0 spiro atoms. The molecule has 0 saturated carbocycles. The van der Waals surface area contributed by atoms with Crippen molar-refractivity contribution in [2.75, 3.05) is 0 Å². The first-order valence-electron chi connectivity index (χ1n) is 9.60.